The number of rotatable bonds is 3. The number of hydroxylamine groups is 1. The number of nitrogens with one attached hydrogen (secondary N) is 1. The van der Waals surface area contributed by atoms with Crippen LogP contribution in [0.4, 0.5) is 4.79 Å². The van der Waals surface area contributed by atoms with Crippen molar-refractivity contribution < 1.29 is 24.3 Å². The molecule has 2 N–H and O–H groups in total. The molecule has 1 aliphatic heterocycles. The minimum absolute atomic E-state index is 0.0145. The van der Waals surface area contributed by atoms with Gasteiger partial charge in [0.15, 0.2) is 6.61 Å². The summed E-state index contributed by atoms with van der Waals surface area (Å²) in [6, 6.07) is -0.485. The molecule has 1 fully saturated rings. The smallest absolute Gasteiger partial charge is 0.341 e. The summed E-state index contributed by atoms with van der Waals surface area (Å²) in [5, 5.41) is 8.34. The topological polar surface area (TPSA) is 99.2 Å². The Balaban J connectivity index is 2.35. The van der Waals surface area contributed by atoms with Gasteiger partial charge in [-0.2, -0.15) is 0 Å². The number of carbonyl (C=O) groups is 3. The number of hydrogen-bond donors (Lipinski definition) is 2. The summed E-state index contributed by atoms with van der Waals surface area (Å²) in [7, 11) is 0. The van der Waals surface area contributed by atoms with Gasteiger partial charge in [-0.15, -0.1) is 0 Å². The van der Waals surface area contributed by atoms with E-state index in [4.69, 9.17) is 5.11 Å². The molecule has 0 radical (unpaired) electrons. The molecule has 8 nitrogen and oxygen atoms in total. The van der Waals surface area contributed by atoms with Crippen molar-refractivity contribution in [3.63, 3.8) is 0 Å². The highest BCUT2D eigenvalue weighted by atomic mass is 16.7. The number of amides is 3. The number of carboxylic acids is 1. The van der Waals surface area contributed by atoms with Crippen LogP contribution in [0.1, 0.15) is 13.3 Å². The lowest BCUT2D eigenvalue weighted by atomic mass is 10.4. The molecule has 0 saturated carbocycles. The van der Waals surface area contributed by atoms with Crippen molar-refractivity contribution in [2.75, 3.05) is 32.8 Å². The quantitative estimate of drug-likeness (QED) is 0.651. The van der Waals surface area contributed by atoms with Crippen molar-refractivity contribution in [1.29, 1.82) is 0 Å². The van der Waals surface area contributed by atoms with E-state index in [-0.39, 0.29) is 5.91 Å². The van der Waals surface area contributed by atoms with Gasteiger partial charge in [0.25, 0.3) is 0 Å². The highest BCUT2D eigenvalue weighted by Gasteiger charge is 2.20. The lowest BCUT2D eigenvalue weighted by molar-refractivity contribution is -0.144. The molecule has 0 aliphatic carbocycles. The van der Waals surface area contributed by atoms with Crippen molar-refractivity contribution >= 4 is 17.9 Å². The molecule has 1 aliphatic rings. The number of carboxylic acid groups (broad SMARTS) is 1. The standard InChI is InChI=1S/C10H17N3O5/c1-8(14)12-3-2-4-13(6-5-12)10(17)11-18-7-9(15)16/h2-7H2,1H3,(H,11,17)(H,15,16). The van der Waals surface area contributed by atoms with Gasteiger partial charge < -0.3 is 14.9 Å². The van der Waals surface area contributed by atoms with Gasteiger partial charge >= 0.3 is 12.0 Å². The lowest BCUT2D eigenvalue weighted by Gasteiger charge is -2.21. The number of hydrogen-bond acceptors (Lipinski definition) is 4. The fourth-order valence-electron chi connectivity index (χ4n) is 1.66. The molecule has 8 heteroatoms. The number of aliphatic carboxylic acids is 1. The predicted molar refractivity (Wildman–Crippen MR) is 60.6 cm³/mol. The second kappa shape index (κ2) is 6.80. The van der Waals surface area contributed by atoms with E-state index < -0.39 is 18.6 Å². The third-order valence-corrected chi connectivity index (χ3v) is 2.58. The first-order valence-electron chi connectivity index (χ1n) is 5.64. The van der Waals surface area contributed by atoms with E-state index in [1.807, 2.05) is 0 Å². The Bertz CT molecular complexity index is 333. The molecule has 0 spiro atoms. The maximum Gasteiger partial charge on any atom is 0.341 e. The zero-order valence-corrected chi connectivity index (χ0v) is 10.2. The van der Waals surface area contributed by atoms with Crippen LogP contribution in [0.15, 0.2) is 0 Å². The van der Waals surface area contributed by atoms with Crippen LogP contribution >= 0.6 is 0 Å². The van der Waals surface area contributed by atoms with Crippen LogP contribution in [0.25, 0.3) is 0 Å². The third kappa shape index (κ3) is 4.58. The van der Waals surface area contributed by atoms with Gasteiger partial charge in [0, 0.05) is 33.1 Å². The summed E-state index contributed by atoms with van der Waals surface area (Å²) in [4.78, 5) is 40.7. The van der Waals surface area contributed by atoms with Crippen LogP contribution < -0.4 is 5.48 Å². The van der Waals surface area contributed by atoms with E-state index in [1.54, 1.807) is 4.90 Å². The second-order valence-corrected chi connectivity index (χ2v) is 3.94. The summed E-state index contributed by atoms with van der Waals surface area (Å²) in [5.74, 6) is -1.17. The molecule has 0 atom stereocenters. The normalized spacial score (nSPS) is 16.1. The van der Waals surface area contributed by atoms with Gasteiger partial charge in [-0.3, -0.25) is 9.63 Å². The molecule has 0 unspecified atom stereocenters. The Morgan fingerprint density at radius 2 is 1.78 bits per heavy atom. The molecule has 0 aromatic rings. The second-order valence-electron chi connectivity index (χ2n) is 3.94. The average molecular weight is 259 g/mol. The SMILES string of the molecule is CC(=O)N1CCCN(C(=O)NOCC(=O)O)CC1. The Kier molecular flexibility index (Phi) is 5.37. The minimum Gasteiger partial charge on any atom is -0.479 e. The molecule has 18 heavy (non-hydrogen) atoms. The van der Waals surface area contributed by atoms with Crippen LogP contribution in [0.5, 0.6) is 0 Å². The zero-order chi connectivity index (χ0) is 13.5. The van der Waals surface area contributed by atoms with Gasteiger partial charge in [0.2, 0.25) is 5.91 Å². The van der Waals surface area contributed by atoms with Gasteiger partial charge in [-0.05, 0) is 6.42 Å². The highest BCUT2D eigenvalue weighted by Crippen LogP contribution is 2.03. The Morgan fingerprint density at radius 1 is 1.17 bits per heavy atom. The van der Waals surface area contributed by atoms with Gasteiger partial charge in [-0.1, -0.05) is 0 Å². The first-order valence-corrected chi connectivity index (χ1v) is 5.64. The molecule has 102 valence electrons. The Morgan fingerprint density at radius 3 is 2.39 bits per heavy atom. The van der Waals surface area contributed by atoms with Crippen molar-refractivity contribution in [3.8, 4) is 0 Å². The van der Waals surface area contributed by atoms with Crippen LogP contribution in [-0.2, 0) is 14.4 Å². The van der Waals surface area contributed by atoms with Crippen LogP contribution in [0.2, 0.25) is 0 Å². The minimum atomic E-state index is -1.16. The average Bonchev–Trinajstić information content (AvgIpc) is 2.53. The molecule has 3 amide bonds. The first kappa shape index (κ1) is 14.2. The van der Waals surface area contributed by atoms with Crippen molar-refractivity contribution in [1.82, 2.24) is 15.3 Å². The molecule has 1 rings (SSSR count). The van der Waals surface area contributed by atoms with E-state index >= 15 is 0 Å². The van der Waals surface area contributed by atoms with Crippen molar-refractivity contribution in [3.05, 3.63) is 0 Å². The summed E-state index contributed by atoms with van der Waals surface area (Å²) in [6.07, 6.45) is 0.686. The summed E-state index contributed by atoms with van der Waals surface area (Å²) >= 11 is 0. The molecule has 1 saturated heterocycles. The monoisotopic (exact) mass is 259 g/mol. The highest BCUT2D eigenvalue weighted by molar-refractivity contribution is 5.75. The number of urea groups is 1. The summed E-state index contributed by atoms with van der Waals surface area (Å²) < 4.78 is 0. The predicted octanol–water partition coefficient (Wildman–Crippen LogP) is -0.734. The van der Waals surface area contributed by atoms with Gasteiger partial charge in [-0.25, -0.2) is 15.1 Å². The molecule has 1 heterocycles. The van der Waals surface area contributed by atoms with Crippen molar-refractivity contribution in [2.45, 2.75) is 13.3 Å². The molecule has 0 bridgehead atoms. The van der Waals surface area contributed by atoms with Gasteiger partial charge in [0.1, 0.15) is 0 Å². The third-order valence-electron chi connectivity index (χ3n) is 2.58. The summed E-state index contributed by atoms with van der Waals surface area (Å²) in [5.41, 5.74) is 2.06. The molecule has 0 aromatic heterocycles. The fraction of sp³-hybridized carbons (Fsp3) is 0.700. The molecular formula is C10H17N3O5. The number of nitrogens with zero attached hydrogens (tertiary/aromatic N) is 2. The van der Waals surface area contributed by atoms with Crippen LogP contribution in [-0.4, -0.2) is 65.6 Å². The zero-order valence-electron chi connectivity index (χ0n) is 10.2. The van der Waals surface area contributed by atoms with Crippen molar-refractivity contribution in [2.24, 2.45) is 0 Å². The van der Waals surface area contributed by atoms with Crippen LogP contribution in [0, 0.1) is 0 Å². The van der Waals surface area contributed by atoms with E-state index in [1.165, 1.54) is 11.8 Å². The lowest BCUT2D eigenvalue weighted by Crippen LogP contribution is -2.42. The number of carbonyl (C=O) groups excluding carboxylic acids is 2. The fourth-order valence-corrected chi connectivity index (χ4v) is 1.66. The Labute approximate surface area is 104 Å². The van der Waals surface area contributed by atoms with E-state index in [0.29, 0.717) is 32.6 Å². The maximum atomic E-state index is 11.6. The van der Waals surface area contributed by atoms with Gasteiger partial charge in [0.05, 0.1) is 0 Å². The van der Waals surface area contributed by atoms with E-state index in [0.717, 1.165) is 0 Å². The maximum absolute atomic E-state index is 11.6. The molecular weight excluding hydrogens is 242 g/mol. The van der Waals surface area contributed by atoms with E-state index in [2.05, 4.69) is 10.3 Å². The first-order chi connectivity index (χ1) is 8.50. The van der Waals surface area contributed by atoms with E-state index in [9.17, 15) is 14.4 Å². The Hall–Kier alpha value is -1.83. The van der Waals surface area contributed by atoms with Crippen LogP contribution in [0.3, 0.4) is 0 Å². The largest absolute Gasteiger partial charge is 0.479 e. The summed E-state index contributed by atoms with van der Waals surface area (Å²) in [6.45, 7) is 2.91. The molecule has 0 aromatic carbocycles.